The Morgan fingerprint density at radius 2 is 2.17 bits per heavy atom. The molecule has 0 unspecified atom stereocenters. The van der Waals surface area contributed by atoms with Crippen molar-refractivity contribution in [3.05, 3.63) is 16.1 Å². The van der Waals surface area contributed by atoms with Crippen LogP contribution < -0.4 is 5.32 Å². The van der Waals surface area contributed by atoms with E-state index in [1.54, 1.807) is 11.3 Å². The first-order valence-electron chi connectivity index (χ1n) is 7.01. The predicted octanol–water partition coefficient (Wildman–Crippen LogP) is 2.66. The lowest BCUT2D eigenvalue weighted by molar-refractivity contribution is 0.161. The molecule has 4 heteroatoms. The minimum Gasteiger partial charge on any atom is -0.317 e. The summed E-state index contributed by atoms with van der Waals surface area (Å²) in [6.07, 6.45) is 2.64. The number of aryl methyl sites for hydroxylation is 1. The fraction of sp³-hybridized carbons (Fsp3) is 0.786. The van der Waals surface area contributed by atoms with E-state index in [1.807, 2.05) is 0 Å². The van der Waals surface area contributed by atoms with Crippen LogP contribution in [0.5, 0.6) is 0 Å². The van der Waals surface area contributed by atoms with Gasteiger partial charge in [-0.3, -0.25) is 4.90 Å². The van der Waals surface area contributed by atoms with Crippen molar-refractivity contribution in [2.45, 2.75) is 46.2 Å². The molecule has 0 saturated carbocycles. The van der Waals surface area contributed by atoms with Gasteiger partial charge in [-0.05, 0) is 52.6 Å². The molecule has 0 spiro atoms. The standard InChI is InChI=1S/C14H25N3S/c1-11(2)17(8-13-4-6-15-7-5-13)9-14-16-12(3)10-18-14/h10-11,13,15H,4-9H2,1-3H3. The van der Waals surface area contributed by atoms with Gasteiger partial charge in [0.2, 0.25) is 0 Å². The van der Waals surface area contributed by atoms with Gasteiger partial charge in [-0.2, -0.15) is 0 Å². The molecule has 1 aliphatic rings. The Balaban J connectivity index is 1.90. The van der Waals surface area contributed by atoms with Crippen LogP contribution in [-0.4, -0.2) is 35.6 Å². The molecule has 1 N–H and O–H groups in total. The molecule has 3 nitrogen and oxygen atoms in total. The number of hydrogen-bond acceptors (Lipinski definition) is 4. The Labute approximate surface area is 115 Å². The molecular formula is C14H25N3S. The molecule has 2 heterocycles. The number of nitrogens with one attached hydrogen (secondary N) is 1. The molecule has 0 radical (unpaired) electrons. The van der Waals surface area contributed by atoms with Gasteiger partial charge in [0.15, 0.2) is 0 Å². The lowest BCUT2D eigenvalue weighted by Crippen LogP contribution is -2.39. The Morgan fingerprint density at radius 1 is 1.44 bits per heavy atom. The van der Waals surface area contributed by atoms with E-state index in [-0.39, 0.29) is 0 Å². The van der Waals surface area contributed by atoms with Crippen molar-refractivity contribution < 1.29 is 0 Å². The molecular weight excluding hydrogens is 242 g/mol. The molecule has 2 rings (SSSR count). The van der Waals surface area contributed by atoms with Crippen LogP contribution in [0.15, 0.2) is 5.38 Å². The molecule has 0 amide bonds. The summed E-state index contributed by atoms with van der Waals surface area (Å²) in [7, 11) is 0. The maximum atomic E-state index is 4.59. The van der Waals surface area contributed by atoms with E-state index < -0.39 is 0 Å². The third kappa shape index (κ3) is 4.04. The van der Waals surface area contributed by atoms with Crippen LogP contribution >= 0.6 is 11.3 Å². The molecule has 18 heavy (non-hydrogen) atoms. The van der Waals surface area contributed by atoms with Crippen LogP contribution in [0.2, 0.25) is 0 Å². The van der Waals surface area contributed by atoms with Crippen LogP contribution in [0, 0.1) is 12.8 Å². The van der Waals surface area contributed by atoms with E-state index >= 15 is 0 Å². The molecule has 0 aliphatic carbocycles. The molecule has 1 aromatic heterocycles. The minimum atomic E-state index is 0.601. The van der Waals surface area contributed by atoms with Gasteiger partial charge in [-0.25, -0.2) is 4.98 Å². The Morgan fingerprint density at radius 3 is 2.72 bits per heavy atom. The van der Waals surface area contributed by atoms with Crippen molar-refractivity contribution in [1.82, 2.24) is 15.2 Å². The van der Waals surface area contributed by atoms with Crippen LogP contribution in [0.3, 0.4) is 0 Å². The summed E-state index contributed by atoms with van der Waals surface area (Å²) < 4.78 is 0. The van der Waals surface area contributed by atoms with Crippen LogP contribution in [-0.2, 0) is 6.54 Å². The fourth-order valence-corrected chi connectivity index (χ4v) is 3.30. The highest BCUT2D eigenvalue weighted by molar-refractivity contribution is 7.09. The lowest BCUT2D eigenvalue weighted by Gasteiger charge is -2.32. The van der Waals surface area contributed by atoms with Crippen molar-refractivity contribution >= 4 is 11.3 Å². The zero-order valence-electron chi connectivity index (χ0n) is 11.8. The highest BCUT2D eigenvalue weighted by atomic mass is 32.1. The van der Waals surface area contributed by atoms with Gasteiger partial charge >= 0.3 is 0 Å². The summed E-state index contributed by atoms with van der Waals surface area (Å²) in [6.45, 7) is 11.3. The van der Waals surface area contributed by atoms with Crippen molar-refractivity contribution in [3.63, 3.8) is 0 Å². The Bertz CT molecular complexity index is 356. The molecule has 1 aromatic rings. The van der Waals surface area contributed by atoms with Crippen LogP contribution in [0.4, 0.5) is 0 Å². The number of aromatic nitrogens is 1. The van der Waals surface area contributed by atoms with E-state index in [1.165, 1.54) is 37.5 Å². The third-order valence-corrected chi connectivity index (χ3v) is 4.64. The first-order valence-corrected chi connectivity index (χ1v) is 7.89. The number of piperidine rings is 1. The SMILES string of the molecule is Cc1csc(CN(CC2CCNCC2)C(C)C)n1. The molecule has 1 fully saturated rings. The first kappa shape index (κ1) is 14.0. The van der Waals surface area contributed by atoms with Gasteiger partial charge in [-0.15, -0.1) is 11.3 Å². The topological polar surface area (TPSA) is 28.2 Å². The Kier molecular flexibility index (Phi) is 5.15. The smallest absolute Gasteiger partial charge is 0.107 e. The van der Waals surface area contributed by atoms with Crippen molar-refractivity contribution in [1.29, 1.82) is 0 Å². The largest absolute Gasteiger partial charge is 0.317 e. The first-order chi connectivity index (χ1) is 8.65. The molecule has 1 aliphatic heterocycles. The van der Waals surface area contributed by atoms with E-state index in [0.29, 0.717) is 6.04 Å². The normalized spacial score (nSPS) is 17.8. The van der Waals surface area contributed by atoms with E-state index in [4.69, 9.17) is 0 Å². The summed E-state index contributed by atoms with van der Waals surface area (Å²) in [5.74, 6) is 0.856. The summed E-state index contributed by atoms with van der Waals surface area (Å²) >= 11 is 1.79. The molecule has 102 valence electrons. The van der Waals surface area contributed by atoms with Gasteiger partial charge < -0.3 is 5.32 Å². The number of thiazole rings is 1. The van der Waals surface area contributed by atoms with Crippen molar-refractivity contribution in [2.24, 2.45) is 5.92 Å². The quantitative estimate of drug-likeness (QED) is 0.889. The average molecular weight is 267 g/mol. The molecule has 0 bridgehead atoms. The second-order valence-electron chi connectivity index (χ2n) is 5.60. The second kappa shape index (κ2) is 6.64. The zero-order chi connectivity index (χ0) is 13.0. The molecule has 1 saturated heterocycles. The number of rotatable bonds is 5. The van der Waals surface area contributed by atoms with Crippen molar-refractivity contribution in [2.75, 3.05) is 19.6 Å². The highest BCUT2D eigenvalue weighted by Gasteiger charge is 2.19. The lowest BCUT2D eigenvalue weighted by atomic mass is 9.97. The maximum absolute atomic E-state index is 4.59. The van der Waals surface area contributed by atoms with E-state index in [9.17, 15) is 0 Å². The summed E-state index contributed by atoms with van der Waals surface area (Å²) in [5.41, 5.74) is 1.15. The highest BCUT2D eigenvalue weighted by Crippen LogP contribution is 2.18. The van der Waals surface area contributed by atoms with Crippen LogP contribution in [0.25, 0.3) is 0 Å². The van der Waals surface area contributed by atoms with Crippen LogP contribution in [0.1, 0.15) is 37.4 Å². The number of nitrogens with zero attached hydrogens (tertiary/aromatic N) is 2. The van der Waals surface area contributed by atoms with Gasteiger partial charge in [0.25, 0.3) is 0 Å². The van der Waals surface area contributed by atoms with Gasteiger partial charge in [0, 0.05) is 23.7 Å². The van der Waals surface area contributed by atoms with E-state index in [0.717, 1.165) is 18.2 Å². The fourth-order valence-electron chi connectivity index (χ4n) is 2.50. The molecule has 0 atom stereocenters. The van der Waals surface area contributed by atoms with Gasteiger partial charge in [-0.1, -0.05) is 0 Å². The number of hydrogen-bond donors (Lipinski definition) is 1. The Hall–Kier alpha value is -0.450. The third-order valence-electron chi connectivity index (χ3n) is 3.69. The summed E-state index contributed by atoms with van der Waals surface area (Å²) in [6, 6.07) is 0.601. The monoisotopic (exact) mass is 267 g/mol. The van der Waals surface area contributed by atoms with Crippen molar-refractivity contribution in [3.8, 4) is 0 Å². The summed E-state index contributed by atoms with van der Waals surface area (Å²) in [5, 5.41) is 6.85. The maximum Gasteiger partial charge on any atom is 0.107 e. The molecule has 0 aromatic carbocycles. The predicted molar refractivity (Wildman–Crippen MR) is 78.0 cm³/mol. The minimum absolute atomic E-state index is 0.601. The van der Waals surface area contributed by atoms with Gasteiger partial charge in [0.1, 0.15) is 5.01 Å². The average Bonchev–Trinajstić information content (AvgIpc) is 2.75. The van der Waals surface area contributed by atoms with E-state index in [2.05, 4.69) is 41.4 Å². The second-order valence-corrected chi connectivity index (χ2v) is 6.54. The summed E-state index contributed by atoms with van der Waals surface area (Å²) in [4.78, 5) is 7.17. The zero-order valence-corrected chi connectivity index (χ0v) is 12.6. The van der Waals surface area contributed by atoms with Gasteiger partial charge in [0.05, 0.1) is 6.54 Å².